The van der Waals surface area contributed by atoms with Crippen molar-refractivity contribution in [3.05, 3.63) is 200 Å². The molecule has 0 aliphatic heterocycles. The first kappa shape index (κ1) is 61.4. The molecular weight excluding hydrogens is 1180 g/mol. The number of halogens is 25. The van der Waals surface area contributed by atoms with Crippen molar-refractivity contribution in [2.75, 3.05) is 0 Å². The second-order valence-corrected chi connectivity index (χ2v) is 22.1. The van der Waals surface area contributed by atoms with Gasteiger partial charge in [-0.2, -0.15) is 4.39 Å². The first-order chi connectivity index (χ1) is 38.6. The third-order valence-corrected chi connectivity index (χ3v) is 18.2. The Hall–Kier alpha value is -6.65. The van der Waals surface area contributed by atoms with Crippen molar-refractivity contribution in [3.63, 3.8) is 0 Å². The molecule has 0 amide bonds. The van der Waals surface area contributed by atoms with Crippen molar-refractivity contribution in [2.24, 2.45) is 0 Å². The highest BCUT2D eigenvalue weighted by Crippen LogP contribution is 2.58. The largest absolute Gasteiger partial charge is 0.301 e. The molecular formula is C54H32B2F25P. The fraction of sp³-hybridized carbons (Fsp3) is 0.222. The zero-order valence-corrected chi connectivity index (χ0v) is 41.9. The van der Waals surface area contributed by atoms with Crippen LogP contribution in [0.4, 0.5) is 110 Å². The van der Waals surface area contributed by atoms with Crippen LogP contribution in [-0.4, -0.2) is 12.9 Å². The van der Waals surface area contributed by atoms with E-state index < -0.39 is 187 Å². The van der Waals surface area contributed by atoms with Crippen LogP contribution in [0.3, 0.4) is 0 Å². The van der Waals surface area contributed by atoms with Crippen LogP contribution in [0.15, 0.2) is 60.7 Å². The van der Waals surface area contributed by atoms with E-state index in [1.54, 1.807) is 60.7 Å². The molecule has 0 atom stereocenters. The molecule has 2 aliphatic carbocycles. The van der Waals surface area contributed by atoms with E-state index >= 15 is 56.9 Å². The van der Waals surface area contributed by atoms with Gasteiger partial charge in [-0.3, -0.25) is 0 Å². The molecule has 0 saturated heterocycles. The van der Waals surface area contributed by atoms with Gasteiger partial charge in [-0.25, -0.2) is 101 Å². The number of rotatable bonds is 10. The SMILES string of the molecule is Fc1c(F)c(F)c([B-](c2c(F)c(F)c(F)c(F)c2F)(c2c(F)c(F)c(F)c(F)c2F)c2c(F)c(F)c(F)c(F)c2F)c(F)c1F.Fc1c(F)c(F)c([P+](F)(c2ccccc2)c2ccccc2)c(B(C2CCCCC2)C2CCCCC2)c1F. The minimum absolute atomic E-state index is 0.0191. The quantitative estimate of drug-likeness (QED) is 0.0421. The smallest absolute Gasteiger partial charge is 0.207 e. The summed E-state index contributed by atoms with van der Waals surface area (Å²) >= 11 is 0. The summed E-state index contributed by atoms with van der Waals surface area (Å²) in [6.07, 6.45) is 1.90. The van der Waals surface area contributed by atoms with Gasteiger partial charge >= 0.3 is 7.57 Å². The van der Waals surface area contributed by atoms with Gasteiger partial charge in [0.2, 0.25) is 11.6 Å². The maximum absolute atomic E-state index is 17.9. The molecule has 7 aromatic carbocycles. The Morgan fingerprint density at radius 1 is 0.280 bits per heavy atom. The lowest BCUT2D eigenvalue weighted by Crippen LogP contribution is -2.81. The van der Waals surface area contributed by atoms with Crippen LogP contribution in [0.25, 0.3) is 0 Å². The van der Waals surface area contributed by atoms with Crippen LogP contribution >= 0.6 is 7.57 Å². The molecule has 0 aromatic heterocycles. The molecule has 434 valence electrons. The minimum Gasteiger partial charge on any atom is -0.207 e. The molecule has 2 aliphatic rings. The predicted molar refractivity (Wildman–Crippen MR) is 254 cm³/mol. The van der Waals surface area contributed by atoms with Crippen molar-refractivity contribution >= 4 is 63.7 Å². The van der Waals surface area contributed by atoms with Crippen LogP contribution < -0.4 is 43.2 Å². The zero-order chi connectivity index (χ0) is 60.3. The Morgan fingerprint density at radius 2 is 0.500 bits per heavy atom. The van der Waals surface area contributed by atoms with E-state index in [0.29, 0.717) is 0 Å². The Morgan fingerprint density at radius 3 is 0.756 bits per heavy atom. The summed E-state index contributed by atoms with van der Waals surface area (Å²) in [6, 6.07) is 16.2. The van der Waals surface area contributed by atoms with Crippen molar-refractivity contribution in [3.8, 4) is 0 Å². The van der Waals surface area contributed by atoms with Gasteiger partial charge in [-0.05, 0) is 28.5 Å². The number of benzene rings is 7. The van der Waals surface area contributed by atoms with Crippen molar-refractivity contribution < 1.29 is 110 Å². The predicted octanol–water partition coefficient (Wildman–Crippen LogP) is 13.6. The maximum atomic E-state index is 17.9. The van der Waals surface area contributed by atoms with Gasteiger partial charge in [-0.1, -0.05) is 112 Å². The molecule has 0 bridgehead atoms. The van der Waals surface area contributed by atoms with E-state index in [-0.39, 0.29) is 27.7 Å². The highest BCUT2D eigenvalue weighted by Gasteiger charge is 2.57. The van der Waals surface area contributed by atoms with E-state index in [2.05, 4.69) is 0 Å². The molecule has 28 heteroatoms. The summed E-state index contributed by atoms with van der Waals surface area (Å²) < 4.78 is 374. The molecule has 2 fully saturated rings. The van der Waals surface area contributed by atoms with Crippen LogP contribution in [0.5, 0.6) is 0 Å². The monoisotopic (exact) mass is 1210 g/mol. The van der Waals surface area contributed by atoms with E-state index in [1.807, 2.05) is 0 Å². The maximum Gasteiger partial charge on any atom is 0.301 e. The van der Waals surface area contributed by atoms with Crippen LogP contribution in [0, 0.1) is 140 Å². The minimum atomic E-state index is -7.22. The van der Waals surface area contributed by atoms with Gasteiger partial charge in [-0.15, -0.1) is 21.9 Å². The van der Waals surface area contributed by atoms with Gasteiger partial charge in [0.1, 0.15) is 63.3 Å². The number of hydrogen-bond donors (Lipinski definition) is 0. The first-order valence-electron chi connectivity index (χ1n) is 24.4. The molecule has 0 unspecified atom stereocenters. The van der Waals surface area contributed by atoms with E-state index in [0.717, 1.165) is 64.2 Å². The lowest BCUT2D eigenvalue weighted by molar-refractivity contribution is 0.378. The van der Waals surface area contributed by atoms with Gasteiger partial charge < -0.3 is 0 Å². The molecule has 0 N–H and O–H groups in total. The molecule has 0 spiro atoms. The van der Waals surface area contributed by atoms with Gasteiger partial charge in [0, 0.05) is 5.46 Å². The third kappa shape index (κ3) is 9.66. The third-order valence-electron chi connectivity index (χ3n) is 15.2. The number of hydrogen-bond acceptors (Lipinski definition) is 0. The van der Waals surface area contributed by atoms with Crippen LogP contribution in [-0.2, 0) is 0 Å². The summed E-state index contributed by atoms with van der Waals surface area (Å²) in [5.41, 5.74) is -14.6. The highest BCUT2D eigenvalue weighted by molar-refractivity contribution is 7.91. The second kappa shape index (κ2) is 23.5. The van der Waals surface area contributed by atoms with Crippen LogP contribution in [0.1, 0.15) is 64.2 Å². The summed E-state index contributed by atoms with van der Waals surface area (Å²) in [5.74, 6) is -78.2. The molecule has 0 heterocycles. The van der Waals surface area contributed by atoms with Gasteiger partial charge in [0.15, 0.2) is 93.5 Å². The zero-order valence-electron chi connectivity index (χ0n) is 41.1. The topological polar surface area (TPSA) is 0 Å². The van der Waals surface area contributed by atoms with Crippen molar-refractivity contribution in [1.82, 2.24) is 0 Å². The fourth-order valence-electron chi connectivity index (χ4n) is 11.6. The van der Waals surface area contributed by atoms with Gasteiger partial charge in [0.05, 0.1) is 0 Å². The molecule has 0 nitrogen and oxygen atoms in total. The van der Waals surface area contributed by atoms with E-state index in [4.69, 9.17) is 0 Å². The molecule has 0 radical (unpaired) electrons. The van der Waals surface area contributed by atoms with E-state index in [1.165, 1.54) is 0 Å². The highest BCUT2D eigenvalue weighted by atomic mass is 31.2. The van der Waals surface area contributed by atoms with Crippen LogP contribution in [0.2, 0.25) is 11.6 Å². The lowest BCUT2D eigenvalue weighted by Gasteiger charge is -2.44. The summed E-state index contributed by atoms with van der Waals surface area (Å²) in [7, 11) is -4.35. The average Bonchev–Trinajstić information content (AvgIpc) is 0.953. The van der Waals surface area contributed by atoms with Crippen molar-refractivity contribution in [1.29, 1.82) is 0 Å². The Balaban J connectivity index is 0.000000218. The molecule has 7 aromatic rings. The molecule has 82 heavy (non-hydrogen) atoms. The summed E-state index contributed by atoms with van der Waals surface area (Å²) in [4.78, 5) is 0. The van der Waals surface area contributed by atoms with E-state index in [9.17, 15) is 52.7 Å². The first-order valence-corrected chi connectivity index (χ1v) is 26.1. The second-order valence-electron chi connectivity index (χ2n) is 19.4. The Kier molecular flexibility index (Phi) is 17.6. The summed E-state index contributed by atoms with van der Waals surface area (Å²) in [5, 5.41) is -0.266. The lowest BCUT2D eigenvalue weighted by atomic mass is 9.12. The fourth-order valence-corrected chi connectivity index (χ4v) is 14.6. The van der Waals surface area contributed by atoms with Gasteiger partial charge in [0.25, 0.3) is 0 Å². The Bertz CT molecular complexity index is 3190. The molecule has 2 saturated carbocycles. The molecule has 9 rings (SSSR count). The average molecular weight is 1210 g/mol. The van der Waals surface area contributed by atoms with Crippen molar-refractivity contribution in [2.45, 2.75) is 75.8 Å². The Labute approximate surface area is 448 Å². The standard InChI is InChI=1S/C30H32BF5P.C24BF20/c32-26-25(31(21-13-5-1-6-14-21)22-15-7-2-8-16-22)30(29(35)28(34)27(26)33)37(36,23-17-9-3-10-18-23)24-19-11-4-12-20-24;26-5-1(6(27)14(35)21(42)13(5)34)25(2-7(28)15(36)22(43)16(37)8(2)29,3-9(30)17(38)23(44)18(39)10(3)31)4-11(32)19(40)24(45)20(41)12(4)33/h3-4,9-12,17-22H,1-2,5-8,13-16H2;/q+1;-1. The summed E-state index contributed by atoms with van der Waals surface area (Å²) in [6.45, 7) is -0.553. The normalized spacial score (nSPS) is 14.5.